The predicted molar refractivity (Wildman–Crippen MR) is 71.5 cm³/mol. The zero-order chi connectivity index (χ0) is 12.9. The van der Waals surface area contributed by atoms with Crippen molar-refractivity contribution in [3.05, 3.63) is 39.9 Å². The van der Waals surface area contributed by atoms with Crippen LogP contribution in [0.2, 0.25) is 10.0 Å². The maximum atomic E-state index is 11.3. The van der Waals surface area contributed by atoms with Gasteiger partial charge in [-0.25, -0.2) is 4.79 Å². The molecule has 0 spiro atoms. The average Bonchev–Trinajstić information content (AvgIpc) is 2.75. The van der Waals surface area contributed by atoms with E-state index in [1.165, 1.54) is 0 Å². The fraction of sp³-hybridized carbons (Fsp3) is 0.308. The van der Waals surface area contributed by atoms with Gasteiger partial charge >= 0.3 is 5.97 Å². The SMILES string of the molecule is O=C(O)[C@@H]1Nc2cc(Cl)cc(Cl)c2[C@H]2C=CC[C@@H]21. The van der Waals surface area contributed by atoms with Crippen molar-refractivity contribution in [2.24, 2.45) is 5.92 Å². The molecule has 0 amide bonds. The molecule has 1 aromatic rings. The van der Waals surface area contributed by atoms with Crippen molar-refractivity contribution in [3.8, 4) is 0 Å². The van der Waals surface area contributed by atoms with E-state index in [0.717, 1.165) is 17.7 Å². The van der Waals surface area contributed by atoms with E-state index in [2.05, 4.69) is 5.32 Å². The van der Waals surface area contributed by atoms with Crippen LogP contribution in [0.4, 0.5) is 5.69 Å². The van der Waals surface area contributed by atoms with E-state index in [1.54, 1.807) is 12.1 Å². The molecule has 1 aromatic carbocycles. The van der Waals surface area contributed by atoms with Crippen LogP contribution in [0.15, 0.2) is 24.3 Å². The van der Waals surface area contributed by atoms with Gasteiger partial charge in [0.1, 0.15) is 6.04 Å². The highest BCUT2D eigenvalue weighted by molar-refractivity contribution is 6.35. The van der Waals surface area contributed by atoms with E-state index in [4.69, 9.17) is 23.2 Å². The highest BCUT2D eigenvalue weighted by atomic mass is 35.5. The van der Waals surface area contributed by atoms with Crippen LogP contribution in [0.1, 0.15) is 17.9 Å². The van der Waals surface area contributed by atoms with E-state index < -0.39 is 12.0 Å². The first-order valence-corrected chi connectivity index (χ1v) is 6.48. The van der Waals surface area contributed by atoms with Crippen molar-refractivity contribution in [1.29, 1.82) is 0 Å². The van der Waals surface area contributed by atoms with Gasteiger partial charge in [0.25, 0.3) is 0 Å². The molecule has 0 fully saturated rings. The summed E-state index contributed by atoms with van der Waals surface area (Å²) in [6, 6.07) is 2.85. The predicted octanol–water partition coefficient (Wildman–Crippen LogP) is 3.53. The highest BCUT2D eigenvalue weighted by Crippen LogP contribution is 2.48. The summed E-state index contributed by atoms with van der Waals surface area (Å²) in [6.45, 7) is 0. The average molecular weight is 284 g/mol. The van der Waals surface area contributed by atoms with Crippen molar-refractivity contribution in [3.63, 3.8) is 0 Å². The molecule has 0 bridgehead atoms. The Hall–Kier alpha value is -1.19. The van der Waals surface area contributed by atoms with Crippen LogP contribution < -0.4 is 5.32 Å². The molecule has 0 saturated carbocycles. The lowest BCUT2D eigenvalue weighted by Gasteiger charge is -2.35. The Morgan fingerprint density at radius 1 is 1.39 bits per heavy atom. The number of carboxylic acids is 1. The lowest BCUT2D eigenvalue weighted by atomic mass is 9.79. The molecule has 0 radical (unpaired) electrons. The first kappa shape index (κ1) is 11.9. The van der Waals surface area contributed by atoms with Gasteiger partial charge in [0.15, 0.2) is 0 Å². The zero-order valence-corrected chi connectivity index (χ0v) is 10.9. The van der Waals surface area contributed by atoms with E-state index in [0.29, 0.717) is 10.0 Å². The molecule has 2 N–H and O–H groups in total. The van der Waals surface area contributed by atoms with Crippen LogP contribution in [0, 0.1) is 5.92 Å². The number of carbonyl (C=O) groups is 1. The van der Waals surface area contributed by atoms with Gasteiger partial charge in [-0.3, -0.25) is 0 Å². The highest BCUT2D eigenvalue weighted by Gasteiger charge is 2.41. The van der Waals surface area contributed by atoms with Crippen LogP contribution in [-0.2, 0) is 4.79 Å². The molecular weight excluding hydrogens is 273 g/mol. The number of halogens is 2. The third-order valence-electron chi connectivity index (χ3n) is 3.65. The normalized spacial score (nSPS) is 28.4. The van der Waals surface area contributed by atoms with Gasteiger partial charge in [-0.05, 0) is 18.6 Å². The number of carboxylic acid groups (broad SMARTS) is 1. The van der Waals surface area contributed by atoms with Gasteiger partial charge in [-0.2, -0.15) is 0 Å². The van der Waals surface area contributed by atoms with Crippen LogP contribution >= 0.6 is 23.2 Å². The van der Waals surface area contributed by atoms with Crippen molar-refractivity contribution in [1.82, 2.24) is 0 Å². The molecule has 1 heterocycles. The zero-order valence-electron chi connectivity index (χ0n) is 9.36. The topological polar surface area (TPSA) is 49.3 Å². The summed E-state index contributed by atoms with van der Waals surface area (Å²) in [4.78, 5) is 11.3. The monoisotopic (exact) mass is 283 g/mol. The van der Waals surface area contributed by atoms with Gasteiger partial charge < -0.3 is 10.4 Å². The quantitative estimate of drug-likeness (QED) is 0.775. The summed E-state index contributed by atoms with van der Waals surface area (Å²) in [6.07, 6.45) is 4.82. The Labute approximate surface area is 114 Å². The second-order valence-corrected chi connectivity index (χ2v) is 5.51. The number of allylic oxidation sites excluding steroid dienone is 2. The van der Waals surface area contributed by atoms with Crippen molar-refractivity contribution < 1.29 is 9.90 Å². The first-order valence-electron chi connectivity index (χ1n) is 5.73. The summed E-state index contributed by atoms with van der Waals surface area (Å²) in [7, 11) is 0. The summed E-state index contributed by atoms with van der Waals surface area (Å²) < 4.78 is 0. The second-order valence-electron chi connectivity index (χ2n) is 4.66. The molecule has 3 rings (SSSR count). The minimum Gasteiger partial charge on any atom is -0.480 e. The molecule has 94 valence electrons. The number of aliphatic carboxylic acids is 1. The van der Waals surface area contributed by atoms with Gasteiger partial charge in [0.05, 0.1) is 0 Å². The minimum atomic E-state index is -0.838. The van der Waals surface area contributed by atoms with Crippen LogP contribution in [0.5, 0.6) is 0 Å². The van der Waals surface area contributed by atoms with E-state index >= 15 is 0 Å². The number of fused-ring (bicyclic) bond motifs is 3. The standard InChI is InChI=1S/C13H11Cl2NO2/c14-6-4-9(15)11-7-2-1-3-8(7)12(13(17)18)16-10(11)5-6/h1-2,4-5,7-8,12,16H,3H2,(H,17,18)/t7-,8-,12+/m0/s1. The molecule has 5 heteroatoms. The fourth-order valence-electron chi connectivity index (χ4n) is 2.89. The molecule has 3 nitrogen and oxygen atoms in total. The van der Waals surface area contributed by atoms with Gasteiger partial charge in [0, 0.05) is 33.1 Å². The smallest absolute Gasteiger partial charge is 0.326 e. The summed E-state index contributed by atoms with van der Waals surface area (Å²) in [5.74, 6) is -0.753. The maximum Gasteiger partial charge on any atom is 0.326 e. The van der Waals surface area contributed by atoms with Crippen molar-refractivity contribution in [2.45, 2.75) is 18.4 Å². The Balaban J connectivity index is 2.14. The first-order chi connectivity index (χ1) is 8.58. The maximum absolute atomic E-state index is 11.3. The molecule has 0 unspecified atom stereocenters. The molecule has 1 aliphatic heterocycles. The molecule has 0 aromatic heterocycles. The molecule has 1 aliphatic carbocycles. The fourth-order valence-corrected chi connectivity index (χ4v) is 3.51. The number of hydrogen-bond donors (Lipinski definition) is 2. The Morgan fingerprint density at radius 3 is 2.89 bits per heavy atom. The number of anilines is 1. The van der Waals surface area contributed by atoms with Crippen LogP contribution in [-0.4, -0.2) is 17.1 Å². The third kappa shape index (κ3) is 1.70. The Morgan fingerprint density at radius 2 is 2.17 bits per heavy atom. The lowest BCUT2D eigenvalue weighted by molar-refractivity contribution is -0.139. The van der Waals surface area contributed by atoms with E-state index in [-0.39, 0.29) is 11.8 Å². The van der Waals surface area contributed by atoms with E-state index in [1.807, 2.05) is 12.2 Å². The largest absolute Gasteiger partial charge is 0.480 e. The molecule has 0 saturated heterocycles. The molecule has 2 aliphatic rings. The van der Waals surface area contributed by atoms with Gasteiger partial charge in [0.2, 0.25) is 0 Å². The van der Waals surface area contributed by atoms with Gasteiger partial charge in [-0.15, -0.1) is 0 Å². The van der Waals surface area contributed by atoms with Crippen LogP contribution in [0.3, 0.4) is 0 Å². The van der Waals surface area contributed by atoms with Crippen LogP contribution in [0.25, 0.3) is 0 Å². The van der Waals surface area contributed by atoms with Crippen molar-refractivity contribution in [2.75, 3.05) is 5.32 Å². The summed E-state index contributed by atoms with van der Waals surface area (Å²) in [5.41, 5.74) is 1.69. The molecule has 3 atom stereocenters. The number of benzene rings is 1. The van der Waals surface area contributed by atoms with E-state index in [9.17, 15) is 9.90 Å². The van der Waals surface area contributed by atoms with Gasteiger partial charge in [-0.1, -0.05) is 35.4 Å². The second kappa shape index (κ2) is 4.18. The number of nitrogens with one attached hydrogen (secondary N) is 1. The third-order valence-corrected chi connectivity index (χ3v) is 4.18. The van der Waals surface area contributed by atoms with Crippen molar-refractivity contribution >= 4 is 34.9 Å². The Kier molecular flexibility index (Phi) is 2.76. The summed E-state index contributed by atoms with van der Waals surface area (Å²) >= 11 is 12.2. The molecule has 18 heavy (non-hydrogen) atoms. The Bertz CT molecular complexity index is 556. The number of rotatable bonds is 1. The number of hydrogen-bond acceptors (Lipinski definition) is 2. The summed E-state index contributed by atoms with van der Waals surface area (Å²) in [5, 5.41) is 13.4. The minimum absolute atomic E-state index is 0.0219. The lowest BCUT2D eigenvalue weighted by Crippen LogP contribution is -2.41. The molecular formula is C13H11Cl2NO2.